The van der Waals surface area contributed by atoms with E-state index >= 15 is 0 Å². The summed E-state index contributed by atoms with van der Waals surface area (Å²) in [4.78, 5) is 4.23. The number of hydrogen-bond donors (Lipinski definition) is 4. The molecule has 0 atom stereocenters. The lowest BCUT2D eigenvalue weighted by atomic mass is 9.79. The first-order valence-corrected chi connectivity index (χ1v) is 9.93. The molecule has 0 saturated carbocycles. The van der Waals surface area contributed by atoms with Crippen molar-refractivity contribution in [1.82, 2.24) is 9.55 Å². The summed E-state index contributed by atoms with van der Waals surface area (Å²) >= 11 is 11.7. The Balaban J connectivity index is 0.000000210. The fraction of sp³-hybridized carbons (Fsp3) is 0.0952. The van der Waals surface area contributed by atoms with Gasteiger partial charge in [0.25, 0.3) is 0 Å². The summed E-state index contributed by atoms with van der Waals surface area (Å²) in [7, 11) is 2.01. The van der Waals surface area contributed by atoms with Gasteiger partial charge in [0.15, 0.2) is 0 Å². The third-order valence-corrected chi connectivity index (χ3v) is 5.15. The Kier molecular flexibility index (Phi) is 6.97. The lowest BCUT2D eigenvalue weighted by molar-refractivity contribution is 0.401. The van der Waals surface area contributed by atoms with Crippen LogP contribution < -0.4 is 21.7 Å². The summed E-state index contributed by atoms with van der Waals surface area (Å²) in [5, 5.41) is 19.6. The number of fused-ring (bicyclic) bond motifs is 1. The minimum atomic E-state index is -1.56. The molecule has 2 aromatic heterocycles. The lowest BCUT2D eigenvalue weighted by Crippen LogP contribution is -2.32. The number of methoxy groups -OCH3 is 1. The van der Waals surface area contributed by atoms with Crippen molar-refractivity contribution in [1.29, 1.82) is 0 Å². The van der Waals surface area contributed by atoms with Crippen molar-refractivity contribution < 1.29 is 14.8 Å². The average Bonchev–Trinajstić information content (AvgIpc) is 3.08. The normalized spacial score (nSPS) is 10.5. The molecule has 0 spiro atoms. The quantitative estimate of drug-likeness (QED) is 0.276. The molecule has 4 rings (SSSR count). The Morgan fingerprint density at radius 3 is 2.23 bits per heavy atom. The molecule has 0 radical (unpaired) electrons. The third kappa shape index (κ3) is 4.89. The van der Waals surface area contributed by atoms with Crippen molar-refractivity contribution in [3.05, 3.63) is 64.9 Å². The molecule has 31 heavy (non-hydrogen) atoms. The second-order valence-electron chi connectivity index (χ2n) is 6.75. The number of halogens is 2. The van der Waals surface area contributed by atoms with Gasteiger partial charge < -0.3 is 30.8 Å². The molecular formula is C21H21BCl2N4O3. The zero-order chi connectivity index (χ0) is 22.7. The van der Waals surface area contributed by atoms with Gasteiger partial charge in [-0.25, -0.2) is 4.98 Å². The zero-order valence-electron chi connectivity index (χ0n) is 16.9. The highest BCUT2D eigenvalue weighted by atomic mass is 35.5. The number of benzene rings is 2. The number of nitrogen functional groups attached to an aromatic ring is 2. The number of ether oxygens (including phenoxy) is 1. The van der Waals surface area contributed by atoms with Crippen LogP contribution in [-0.4, -0.2) is 33.8 Å². The fourth-order valence-corrected chi connectivity index (χ4v) is 3.57. The molecule has 0 saturated heterocycles. The Morgan fingerprint density at radius 1 is 0.968 bits per heavy atom. The highest BCUT2D eigenvalue weighted by Crippen LogP contribution is 2.37. The molecule has 0 amide bonds. The summed E-state index contributed by atoms with van der Waals surface area (Å²) in [5.74, 6) is 0.594. The molecule has 0 bridgehead atoms. The first-order chi connectivity index (χ1) is 14.7. The molecule has 0 aliphatic carbocycles. The van der Waals surface area contributed by atoms with Crippen LogP contribution in [0, 0.1) is 0 Å². The van der Waals surface area contributed by atoms with E-state index in [0.29, 0.717) is 27.3 Å². The van der Waals surface area contributed by atoms with Crippen LogP contribution in [0.3, 0.4) is 0 Å². The van der Waals surface area contributed by atoms with Gasteiger partial charge in [-0.3, -0.25) is 0 Å². The van der Waals surface area contributed by atoms with Gasteiger partial charge in [0, 0.05) is 62.8 Å². The van der Waals surface area contributed by atoms with Crippen LogP contribution in [0.2, 0.25) is 10.0 Å². The van der Waals surface area contributed by atoms with E-state index < -0.39 is 7.12 Å². The molecule has 0 aliphatic rings. The molecular weight excluding hydrogens is 438 g/mol. The van der Waals surface area contributed by atoms with Gasteiger partial charge in [0.2, 0.25) is 5.88 Å². The van der Waals surface area contributed by atoms with E-state index in [-0.39, 0.29) is 5.46 Å². The van der Waals surface area contributed by atoms with Crippen LogP contribution in [-0.2, 0) is 7.05 Å². The summed E-state index contributed by atoms with van der Waals surface area (Å²) in [6.07, 6.45) is 3.74. The minimum Gasteiger partial charge on any atom is -0.479 e. The van der Waals surface area contributed by atoms with Crippen LogP contribution in [0.15, 0.2) is 54.9 Å². The van der Waals surface area contributed by atoms with Crippen LogP contribution in [0.4, 0.5) is 11.4 Å². The number of rotatable bonds is 3. The number of aryl methyl sites for hydroxylation is 1. The predicted octanol–water partition coefficient (Wildman–Crippen LogP) is 3.09. The highest BCUT2D eigenvalue weighted by Gasteiger charge is 2.15. The molecule has 2 aromatic carbocycles. The highest BCUT2D eigenvalue weighted by molar-refractivity contribution is 6.60. The molecule has 7 nitrogen and oxygen atoms in total. The van der Waals surface area contributed by atoms with Crippen LogP contribution in [0.25, 0.3) is 22.0 Å². The van der Waals surface area contributed by atoms with Crippen LogP contribution in [0.1, 0.15) is 0 Å². The third-order valence-electron chi connectivity index (χ3n) is 4.68. The fourth-order valence-electron chi connectivity index (χ4n) is 3.22. The Morgan fingerprint density at radius 2 is 1.61 bits per heavy atom. The topological polar surface area (TPSA) is 120 Å². The standard InChI is InChI=1S/C15H14ClN3O.C6H7BClNO2/c1-19-8-12(11-7-9(16)3-4-13(11)17)10-5-6-18-15(20-2)14(10)19;8-4-1-2-6(9)5(3-4)7(10)11/h3-8H,17H2,1-2H3;1-3,10-11H,9H2. The largest absolute Gasteiger partial charge is 0.490 e. The summed E-state index contributed by atoms with van der Waals surface area (Å²) in [5.41, 5.74) is 15.6. The van der Waals surface area contributed by atoms with E-state index in [1.54, 1.807) is 25.4 Å². The first kappa shape index (κ1) is 22.8. The number of nitrogens with zero attached hydrogens (tertiary/aromatic N) is 2. The molecule has 0 unspecified atom stereocenters. The number of pyridine rings is 1. The molecule has 0 aliphatic heterocycles. The second kappa shape index (κ2) is 9.49. The maximum absolute atomic E-state index is 8.75. The maximum atomic E-state index is 8.75. The van der Waals surface area contributed by atoms with E-state index in [1.807, 2.05) is 36.0 Å². The van der Waals surface area contributed by atoms with Crippen LogP contribution in [0.5, 0.6) is 5.88 Å². The van der Waals surface area contributed by atoms with Gasteiger partial charge >= 0.3 is 7.12 Å². The Hall–Kier alpha value is -2.91. The predicted molar refractivity (Wildman–Crippen MR) is 128 cm³/mol. The van der Waals surface area contributed by atoms with Crippen molar-refractivity contribution in [3.8, 4) is 17.0 Å². The van der Waals surface area contributed by atoms with E-state index in [2.05, 4.69) is 4.98 Å². The van der Waals surface area contributed by atoms with Crippen molar-refractivity contribution in [2.24, 2.45) is 7.05 Å². The smallest absolute Gasteiger partial charge is 0.479 e. The van der Waals surface area contributed by atoms with E-state index in [1.165, 1.54) is 12.1 Å². The van der Waals surface area contributed by atoms with Gasteiger partial charge in [-0.1, -0.05) is 23.2 Å². The molecule has 0 fully saturated rings. The summed E-state index contributed by atoms with van der Waals surface area (Å²) in [6.45, 7) is 0. The zero-order valence-corrected chi connectivity index (χ0v) is 18.4. The number of hydrogen-bond acceptors (Lipinski definition) is 6. The lowest BCUT2D eigenvalue weighted by Gasteiger charge is -2.05. The molecule has 6 N–H and O–H groups in total. The van der Waals surface area contributed by atoms with Crippen molar-refractivity contribution in [2.75, 3.05) is 18.6 Å². The SMILES string of the molecule is COc1nccc2c(-c3cc(Cl)ccc3N)cn(C)c12.Nc1ccc(Cl)cc1B(O)O. The monoisotopic (exact) mass is 458 g/mol. The Labute approximate surface area is 189 Å². The summed E-state index contributed by atoms with van der Waals surface area (Å²) in [6, 6.07) is 12.0. The maximum Gasteiger partial charge on any atom is 0.490 e. The molecule has 160 valence electrons. The van der Waals surface area contributed by atoms with Gasteiger partial charge in [0.1, 0.15) is 5.52 Å². The van der Waals surface area contributed by atoms with E-state index in [9.17, 15) is 0 Å². The first-order valence-electron chi connectivity index (χ1n) is 9.17. The van der Waals surface area contributed by atoms with Gasteiger partial charge in [-0.05, 0) is 42.5 Å². The van der Waals surface area contributed by atoms with Gasteiger partial charge in [-0.15, -0.1) is 0 Å². The van der Waals surface area contributed by atoms with Crippen molar-refractivity contribution >= 4 is 58.1 Å². The van der Waals surface area contributed by atoms with Gasteiger partial charge in [-0.2, -0.15) is 0 Å². The number of anilines is 2. The van der Waals surface area contributed by atoms with Crippen molar-refractivity contribution in [2.45, 2.75) is 0 Å². The number of aromatic nitrogens is 2. The van der Waals surface area contributed by atoms with Crippen LogP contribution >= 0.6 is 23.2 Å². The second-order valence-corrected chi connectivity index (χ2v) is 7.62. The summed E-state index contributed by atoms with van der Waals surface area (Å²) < 4.78 is 7.31. The average molecular weight is 459 g/mol. The molecule has 2 heterocycles. The van der Waals surface area contributed by atoms with Crippen molar-refractivity contribution in [3.63, 3.8) is 0 Å². The molecule has 10 heteroatoms. The van der Waals surface area contributed by atoms with E-state index in [0.717, 1.165) is 22.0 Å². The number of nitrogens with two attached hydrogens (primary N) is 2. The van der Waals surface area contributed by atoms with E-state index in [4.69, 9.17) is 49.5 Å². The van der Waals surface area contributed by atoms with Gasteiger partial charge in [0.05, 0.1) is 7.11 Å². The minimum absolute atomic E-state index is 0.234. The molecule has 4 aromatic rings. The Bertz CT molecular complexity index is 1230.